The van der Waals surface area contributed by atoms with Gasteiger partial charge in [-0.05, 0) is 31.0 Å². The van der Waals surface area contributed by atoms with Crippen LogP contribution in [0.25, 0.3) is 0 Å². The molecule has 3 rings (SSSR count). The van der Waals surface area contributed by atoms with Crippen LogP contribution in [0.1, 0.15) is 24.2 Å². The summed E-state index contributed by atoms with van der Waals surface area (Å²) in [6.45, 7) is 0.835. The van der Waals surface area contributed by atoms with E-state index >= 15 is 0 Å². The number of aromatic nitrogens is 2. The molecule has 0 spiro atoms. The van der Waals surface area contributed by atoms with Crippen LogP contribution in [0.2, 0.25) is 0 Å². The summed E-state index contributed by atoms with van der Waals surface area (Å²) in [7, 11) is 0. The highest BCUT2D eigenvalue weighted by atomic mass is 32.2. The minimum Gasteiger partial charge on any atom is -0.310 e. The van der Waals surface area contributed by atoms with Gasteiger partial charge in [0.25, 0.3) is 0 Å². The first-order chi connectivity index (χ1) is 9.79. The van der Waals surface area contributed by atoms with Crippen molar-refractivity contribution in [3.63, 3.8) is 0 Å². The number of benzene rings is 1. The lowest BCUT2D eigenvalue weighted by molar-refractivity contribution is 0.624. The van der Waals surface area contributed by atoms with Crippen molar-refractivity contribution in [1.82, 2.24) is 15.3 Å². The maximum absolute atomic E-state index is 13.0. The van der Waals surface area contributed by atoms with E-state index in [0.717, 1.165) is 22.8 Å². The first-order valence-corrected chi connectivity index (χ1v) is 7.70. The molecular formula is C15H16FN3S. The molecule has 0 amide bonds. The van der Waals surface area contributed by atoms with Crippen LogP contribution in [0.4, 0.5) is 4.39 Å². The number of rotatable bonds is 6. The van der Waals surface area contributed by atoms with Crippen molar-refractivity contribution in [2.24, 2.45) is 0 Å². The number of hydrogen-bond donors (Lipinski definition) is 1. The second kappa shape index (κ2) is 6.33. The molecule has 1 aromatic carbocycles. The Morgan fingerprint density at radius 2 is 2.05 bits per heavy atom. The normalized spacial score (nSPS) is 14.4. The van der Waals surface area contributed by atoms with Gasteiger partial charge in [0.1, 0.15) is 11.6 Å². The van der Waals surface area contributed by atoms with Crippen LogP contribution in [0.5, 0.6) is 0 Å². The molecule has 1 aromatic heterocycles. The van der Waals surface area contributed by atoms with Crippen molar-refractivity contribution in [3.05, 3.63) is 53.9 Å². The van der Waals surface area contributed by atoms with Gasteiger partial charge in [0, 0.05) is 35.4 Å². The molecule has 1 saturated carbocycles. The fourth-order valence-corrected chi connectivity index (χ4v) is 2.62. The van der Waals surface area contributed by atoms with E-state index in [-0.39, 0.29) is 5.82 Å². The number of nitrogens with one attached hydrogen (secondary N) is 1. The molecule has 5 heteroatoms. The Balaban J connectivity index is 1.52. The molecule has 104 valence electrons. The van der Waals surface area contributed by atoms with E-state index in [1.807, 2.05) is 18.5 Å². The molecule has 0 aliphatic heterocycles. The van der Waals surface area contributed by atoms with Gasteiger partial charge < -0.3 is 5.32 Å². The summed E-state index contributed by atoms with van der Waals surface area (Å²) in [5.74, 6) is 1.21. The smallest absolute Gasteiger partial charge is 0.138 e. The van der Waals surface area contributed by atoms with Crippen LogP contribution in [-0.2, 0) is 12.3 Å². The lowest BCUT2D eigenvalue weighted by Crippen LogP contribution is -2.15. The highest BCUT2D eigenvalue weighted by Gasteiger charge is 2.19. The molecule has 20 heavy (non-hydrogen) atoms. The van der Waals surface area contributed by atoms with Crippen LogP contribution < -0.4 is 5.32 Å². The summed E-state index contributed by atoms with van der Waals surface area (Å²) in [6, 6.07) is 7.27. The maximum atomic E-state index is 13.0. The molecule has 0 radical (unpaired) electrons. The number of hydrogen-bond acceptors (Lipinski definition) is 4. The second-order valence-corrected chi connectivity index (χ2v) is 5.96. The van der Waals surface area contributed by atoms with Crippen molar-refractivity contribution in [2.75, 3.05) is 0 Å². The molecule has 1 aliphatic carbocycles. The van der Waals surface area contributed by atoms with Gasteiger partial charge in [-0.3, -0.25) is 0 Å². The monoisotopic (exact) mass is 289 g/mol. The third-order valence-corrected chi connectivity index (χ3v) is 4.08. The Bertz CT molecular complexity index is 570. The fourth-order valence-electron chi connectivity index (χ4n) is 1.80. The van der Waals surface area contributed by atoms with E-state index in [2.05, 4.69) is 15.3 Å². The van der Waals surface area contributed by atoms with E-state index in [1.165, 1.54) is 25.0 Å². The summed E-state index contributed by atoms with van der Waals surface area (Å²) in [5.41, 5.74) is 1.11. The van der Waals surface area contributed by atoms with Gasteiger partial charge in [-0.1, -0.05) is 6.07 Å². The molecule has 3 nitrogen and oxygen atoms in total. The largest absolute Gasteiger partial charge is 0.310 e. The zero-order valence-corrected chi connectivity index (χ0v) is 11.9. The molecule has 0 saturated heterocycles. The van der Waals surface area contributed by atoms with Crippen molar-refractivity contribution in [2.45, 2.75) is 36.1 Å². The quantitative estimate of drug-likeness (QED) is 0.829. The number of halogens is 1. The summed E-state index contributed by atoms with van der Waals surface area (Å²) in [5, 5.41) is 3.43. The Morgan fingerprint density at radius 1 is 1.25 bits per heavy atom. The van der Waals surface area contributed by atoms with Crippen LogP contribution in [0.3, 0.4) is 0 Å². The average Bonchev–Trinajstić information content (AvgIpc) is 3.28. The first-order valence-electron chi connectivity index (χ1n) is 6.71. The second-order valence-electron chi connectivity index (χ2n) is 4.91. The zero-order valence-electron chi connectivity index (χ0n) is 11.1. The highest BCUT2D eigenvalue weighted by molar-refractivity contribution is 7.98. The van der Waals surface area contributed by atoms with Crippen LogP contribution in [0, 0.1) is 5.82 Å². The van der Waals surface area contributed by atoms with E-state index < -0.39 is 0 Å². The van der Waals surface area contributed by atoms with E-state index in [0.29, 0.717) is 11.8 Å². The molecule has 0 unspecified atom stereocenters. The minimum atomic E-state index is -0.211. The molecule has 1 heterocycles. The third kappa shape index (κ3) is 4.02. The summed E-state index contributed by atoms with van der Waals surface area (Å²) < 4.78 is 13.0. The number of thioether (sulfide) groups is 1. The molecular weight excluding hydrogens is 273 g/mol. The van der Waals surface area contributed by atoms with Gasteiger partial charge in [-0.2, -0.15) is 0 Å². The van der Waals surface area contributed by atoms with Crippen LogP contribution >= 0.6 is 11.8 Å². The minimum absolute atomic E-state index is 0.211. The van der Waals surface area contributed by atoms with Gasteiger partial charge in [0.15, 0.2) is 0 Å². The highest BCUT2D eigenvalue weighted by Crippen LogP contribution is 2.22. The van der Waals surface area contributed by atoms with E-state index in [9.17, 15) is 4.39 Å². The third-order valence-electron chi connectivity index (χ3n) is 3.10. The van der Waals surface area contributed by atoms with Crippen molar-refractivity contribution in [3.8, 4) is 0 Å². The molecule has 1 N–H and O–H groups in total. The lowest BCUT2D eigenvalue weighted by atomic mass is 10.3. The van der Waals surface area contributed by atoms with E-state index in [1.54, 1.807) is 17.8 Å². The predicted octanol–water partition coefficient (Wildman–Crippen LogP) is 3.16. The standard InChI is InChI=1S/C15H16FN3S/c16-12-2-1-3-14(6-12)20-10-15-18-8-11(9-19-15)7-17-13-4-5-13/h1-3,6,8-9,13,17H,4-5,7,10H2. The molecule has 0 bridgehead atoms. The van der Waals surface area contributed by atoms with Gasteiger partial charge in [0.2, 0.25) is 0 Å². The Labute approximate surface area is 122 Å². The van der Waals surface area contributed by atoms with E-state index in [4.69, 9.17) is 0 Å². The summed E-state index contributed by atoms with van der Waals surface area (Å²) in [4.78, 5) is 9.59. The topological polar surface area (TPSA) is 37.8 Å². The zero-order chi connectivity index (χ0) is 13.8. The summed E-state index contributed by atoms with van der Waals surface area (Å²) in [6.07, 6.45) is 6.29. The molecule has 1 aliphatic rings. The fraction of sp³-hybridized carbons (Fsp3) is 0.333. The molecule has 2 aromatic rings. The average molecular weight is 289 g/mol. The van der Waals surface area contributed by atoms with Gasteiger partial charge in [0.05, 0.1) is 5.75 Å². The van der Waals surface area contributed by atoms with Gasteiger partial charge in [-0.15, -0.1) is 11.8 Å². The van der Waals surface area contributed by atoms with Crippen molar-refractivity contribution in [1.29, 1.82) is 0 Å². The van der Waals surface area contributed by atoms with Crippen molar-refractivity contribution >= 4 is 11.8 Å². The Morgan fingerprint density at radius 3 is 2.75 bits per heavy atom. The Hall–Kier alpha value is -1.46. The summed E-state index contributed by atoms with van der Waals surface area (Å²) >= 11 is 1.54. The van der Waals surface area contributed by atoms with Gasteiger partial charge >= 0.3 is 0 Å². The molecule has 0 atom stereocenters. The van der Waals surface area contributed by atoms with Gasteiger partial charge in [-0.25, -0.2) is 14.4 Å². The predicted molar refractivity (Wildman–Crippen MR) is 77.9 cm³/mol. The Kier molecular flexibility index (Phi) is 4.28. The lowest BCUT2D eigenvalue weighted by Gasteiger charge is -2.04. The number of nitrogens with zero attached hydrogens (tertiary/aromatic N) is 2. The first kappa shape index (κ1) is 13.5. The molecule has 1 fully saturated rings. The van der Waals surface area contributed by atoms with Crippen LogP contribution in [0.15, 0.2) is 41.6 Å². The van der Waals surface area contributed by atoms with Crippen LogP contribution in [-0.4, -0.2) is 16.0 Å². The SMILES string of the molecule is Fc1cccc(SCc2ncc(CNC3CC3)cn2)c1. The van der Waals surface area contributed by atoms with Crippen molar-refractivity contribution < 1.29 is 4.39 Å². The maximum Gasteiger partial charge on any atom is 0.138 e.